The first-order chi connectivity index (χ1) is 8.52. The Kier molecular flexibility index (Phi) is 3.85. The standard InChI is InChI=1S/C16H23NO.ClH/c1-11-15-9-12-5-6-13(18)10-14(12)16(11,2)7-4-8-17(15)3;/h5-6,10-11,15,18H,4,7-9H2,1-3H3;1H/t11-,15-,16-;/m0./s1. The van der Waals surface area contributed by atoms with Crippen molar-refractivity contribution in [2.45, 2.75) is 44.6 Å². The summed E-state index contributed by atoms with van der Waals surface area (Å²) in [5.41, 5.74) is 3.05. The van der Waals surface area contributed by atoms with Crippen LogP contribution in [0.5, 0.6) is 5.75 Å². The summed E-state index contributed by atoms with van der Waals surface area (Å²) in [6.45, 7) is 5.98. The van der Waals surface area contributed by atoms with Gasteiger partial charge in [-0.2, -0.15) is 0 Å². The van der Waals surface area contributed by atoms with Crippen LogP contribution in [0.15, 0.2) is 18.2 Å². The van der Waals surface area contributed by atoms with Gasteiger partial charge in [-0.25, -0.2) is 0 Å². The number of fused-ring (bicyclic) bond motifs is 4. The summed E-state index contributed by atoms with van der Waals surface area (Å²) in [6.07, 6.45) is 3.61. The molecule has 0 unspecified atom stereocenters. The number of hydrogen-bond acceptors (Lipinski definition) is 2. The van der Waals surface area contributed by atoms with Gasteiger partial charge >= 0.3 is 0 Å². The second kappa shape index (κ2) is 4.99. The zero-order valence-corrected chi connectivity index (χ0v) is 12.8. The van der Waals surface area contributed by atoms with Crippen LogP contribution >= 0.6 is 12.4 Å². The fourth-order valence-corrected chi connectivity index (χ4v) is 4.11. The molecular formula is C16H24ClNO. The highest BCUT2D eigenvalue weighted by atomic mass is 35.5. The Morgan fingerprint density at radius 2 is 2.11 bits per heavy atom. The molecule has 3 rings (SSSR count). The zero-order valence-electron chi connectivity index (χ0n) is 12.0. The minimum atomic E-state index is 0. The van der Waals surface area contributed by atoms with E-state index >= 15 is 0 Å². The van der Waals surface area contributed by atoms with E-state index in [0.29, 0.717) is 17.7 Å². The van der Waals surface area contributed by atoms with Gasteiger partial charge < -0.3 is 10.0 Å². The molecule has 3 atom stereocenters. The van der Waals surface area contributed by atoms with Crippen molar-refractivity contribution in [2.24, 2.45) is 5.92 Å². The molecular weight excluding hydrogens is 258 g/mol. The zero-order chi connectivity index (χ0) is 12.9. The second-order valence-electron chi connectivity index (χ2n) is 6.40. The third-order valence-electron chi connectivity index (χ3n) is 5.49. The van der Waals surface area contributed by atoms with Gasteiger partial charge in [0.25, 0.3) is 0 Å². The third-order valence-corrected chi connectivity index (χ3v) is 5.49. The van der Waals surface area contributed by atoms with Crippen LogP contribution in [0.4, 0.5) is 0 Å². The number of aromatic hydroxyl groups is 1. The highest BCUT2D eigenvalue weighted by molar-refractivity contribution is 5.85. The summed E-state index contributed by atoms with van der Waals surface area (Å²) in [5, 5.41) is 9.80. The highest BCUT2D eigenvalue weighted by Crippen LogP contribution is 2.48. The van der Waals surface area contributed by atoms with Crippen LogP contribution < -0.4 is 0 Å². The monoisotopic (exact) mass is 281 g/mol. The van der Waals surface area contributed by atoms with Crippen LogP contribution in [0.1, 0.15) is 37.8 Å². The smallest absolute Gasteiger partial charge is 0.115 e. The number of likely N-dealkylation sites (N-methyl/N-ethyl adjacent to an activating group) is 1. The lowest BCUT2D eigenvalue weighted by molar-refractivity contribution is 0.143. The van der Waals surface area contributed by atoms with Gasteiger partial charge in [-0.3, -0.25) is 0 Å². The average molecular weight is 282 g/mol. The normalized spacial score (nSPS) is 34.1. The molecule has 0 saturated carbocycles. The van der Waals surface area contributed by atoms with E-state index in [1.54, 1.807) is 0 Å². The Morgan fingerprint density at radius 3 is 2.84 bits per heavy atom. The van der Waals surface area contributed by atoms with E-state index in [4.69, 9.17) is 0 Å². The number of hydrogen-bond donors (Lipinski definition) is 1. The summed E-state index contributed by atoms with van der Waals surface area (Å²) in [7, 11) is 2.26. The Morgan fingerprint density at radius 1 is 1.37 bits per heavy atom. The van der Waals surface area contributed by atoms with Gasteiger partial charge in [-0.05, 0) is 67.4 Å². The third kappa shape index (κ3) is 2.15. The summed E-state index contributed by atoms with van der Waals surface area (Å²) in [6, 6.07) is 6.62. The topological polar surface area (TPSA) is 23.5 Å². The van der Waals surface area contributed by atoms with Crippen molar-refractivity contribution in [2.75, 3.05) is 13.6 Å². The molecule has 0 spiro atoms. The van der Waals surface area contributed by atoms with Gasteiger partial charge in [-0.15, -0.1) is 12.4 Å². The molecule has 1 N–H and O–H groups in total. The lowest BCUT2D eigenvalue weighted by Gasteiger charge is -2.46. The first-order valence-electron chi connectivity index (χ1n) is 7.05. The molecule has 3 heteroatoms. The summed E-state index contributed by atoms with van der Waals surface area (Å²) < 4.78 is 0. The number of phenolic OH excluding ortho intramolecular Hbond substituents is 1. The first-order valence-corrected chi connectivity index (χ1v) is 7.05. The van der Waals surface area contributed by atoms with E-state index in [2.05, 4.69) is 31.9 Å². The van der Waals surface area contributed by atoms with Crippen LogP contribution in [0.3, 0.4) is 0 Å². The molecule has 2 aliphatic rings. The lowest BCUT2D eigenvalue weighted by atomic mass is 9.61. The van der Waals surface area contributed by atoms with E-state index < -0.39 is 0 Å². The number of nitrogens with zero attached hydrogens (tertiary/aromatic N) is 1. The van der Waals surface area contributed by atoms with Gasteiger partial charge in [0.05, 0.1) is 0 Å². The molecule has 1 aliphatic carbocycles. The highest BCUT2D eigenvalue weighted by Gasteiger charge is 2.45. The SMILES string of the molecule is C[C@H]1[C@@H]2Cc3ccc(O)cc3[C@@]1(C)CCCN2C.Cl. The molecule has 1 aromatic rings. The minimum Gasteiger partial charge on any atom is -0.508 e. The Hall–Kier alpha value is -0.730. The molecule has 1 aromatic carbocycles. The maximum atomic E-state index is 9.80. The maximum Gasteiger partial charge on any atom is 0.115 e. The molecule has 1 fully saturated rings. The van der Waals surface area contributed by atoms with Crippen LogP contribution in [-0.4, -0.2) is 29.6 Å². The fraction of sp³-hybridized carbons (Fsp3) is 0.625. The summed E-state index contributed by atoms with van der Waals surface area (Å²) in [4.78, 5) is 2.53. The first kappa shape index (κ1) is 14.7. The predicted octanol–water partition coefficient (Wildman–Crippen LogP) is 3.36. The van der Waals surface area contributed by atoms with Gasteiger partial charge in [0.15, 0.2) is 0 Å². The van der Waals surface area contributed by atoms with Crippen molar-refractivity contribution < 1.29 is 5.11 Å². The van der Waals surface area contributed by atoms with Crippen molar-refractivity contribution in [3.63, 3.8) is 0 Å². The van der Waals surface area contributed by atoms with E-state index in [1.165, 1.54) is 30.5 Å². The number of phenols is 1. The predicted molar refractivity (Wildman–Crippen MR) is 81.2 cm³/mol. The maximum absolute atomic E-state index is 9.80. The summed E-state index contributed by atoms with van der Waals surface area (Å²) in [5.74, 6) is 1.07. The van der Waals surface area contributed by atoms with Crippen molar-refractivity contribution in [1.29, 1.82) is 0 Å². The number of rotatable bonds is 0. The van der Waals surface area contributed by atoms with E-state index in [9.17, 15) is 5.11 Å². The van der Waals surface area contributed by atoms with Crippen molar-refractivity contribution in [1.82, 2.24) is 4.90 Å². The largest absolute Gasteiger partial charge is 0.508 e. The minimum absolute atomic E-state index is 0. The second-order valence-corrected chi connectivity index (χ2v) is 6.40. The average Bonchev–Trinajstić information content (AvgIpc) is 2.41. The van der Waals surface area contributed by atoms with Crippen LogP contribution in [0.25, 0.3) is 0 Å². The van der Waals surface area contributed by atoms with Crippen molar-refractivity contribution in [3.8, 4) is 5.75 Å². The van der Waals surface area contributed by atoms with E-state index in [-0.39, 0.29) is 17.8 Å². The Labute approximate surface area is 122 Å². The Bertz CT molecular complexity index is 476. The van der Waals surface area contributed by atoms with E-state index in [1.807, 2.05) is 12.1 Å². The molecule has 1 aliphatic heterocycles. The van der Waals surface area contributed by atoms with E-state index in [0.717, 1.165) is 6.42 Å². The molecule has 19 heavy (non-hydrogen) atoms. The van der Waals surface area contributed by atoms with Gasteiger partial charge in [-0.1, -0.05) is 19.9 Å². The molecule has 0 amide bonds. The van der Waals surface area contributed by atoms with Gasteiger partial charge in [0.1, 0.15) is 5.75 Å². The van der Waals surface area contributed by atoms with Gasteiger partial charge in [0.2, 0.25) is 0 Å². The van der Waals surface area contributed by atoms with Crippen LogP contribution in [0, 0.1) is 5.92 Å². The van der Waals surface area contributed by atoms with Crippen molar-refractivity contribution >= 4 is 12.4 Å². The van der Waals surface area contributed by atoms with Gasteiger partial charge in [0, 0.05) is 6.04 Å². The Balaban J connectivity index is 0.00000133. The number of benzene rings is 1. The molecule has 2 nitrogen and oxygen atoms in total. The number of likely N-dealkylation sites (tertiary alicyclic amines) is 1. The number of halogens is 1. The quantitative estimate of drug-likeness (QED) is 0.788. The van der Waals surface area contributed by atoms with Crippen molar-refractivity contribution in [3.05, 3.63) is 29.3 Å². The molecule has 2 bridgehead atoms. The van der Waals surface area contributed by atoms with Crippen LogP contribution in [-0.2, 0) is 11.8 Å². The molecule has 0 radical (unpaired) electrons. The molecule has 0 aromatic heterocycles. The molecule has 106 valence electrons. The molecule has 1 heterocycles. The summed E-state index contributed by atoms with van der Waals surface area (Å²) >= 11 is 0. The lowest BCUT2D eigenvalue weighted by Crippen LogP contribution is -2.48. The van der Waals surface area contributed by atoms with Crippen LogP contribution in [0.2, 0.25) is 0 Å². The molecule has 1 saturated heterocycles. The fourth-order valence-electron chi connectivity index (χ4n) is 4.11.